The lowest BCUT2D eigenvalue weighted by molar-refractivity contribution is -0.119. The maximum absolute atomic E-state index is 11.7. The van der Waals surface area contributed by atoms with Gasteiger partial charge in [0.05, 0.1) is 6.73 Å². The molecule has 0 saturated carbocycles. The second-order valence-electron chi connectivity index (χ2n) is 5.37. The van der Waals surface area contributed by atoms with E-state index < -0.39 is 0 Å². The fraction of sp³-hybridized carbons (Fsp3) is 0.615. The van der Waals surface area contributed by atoms with Crippen LogP contribution in [0.15, 0.2) is 6.33 Å². The molecule has 0 unspecified atom stereocenters. The molecule has 108 valence electrons. The number of carbonyl (C=O) groups is 1. The van der Waals surface area contributed by atoms with Gasteiger partial charge in [0, 0.05) is 37.7 Å². The van der Waals surface area contributed by atoms with E-state index in [0.717, 1.165) is 37.6 Å². The Bertz CT molecular complexity index is 513. The highest BCUT2D eigenvalue weighted by molar-refractivity contribution is 5.95. The van der Waals surface area contributed by atoms with Crippen molar-refractivity contribution in [2.45, 2.75) is 13.3 Å². The summed E-state index contributed by atoms with van der Waals surface area (Å²) in [5, 5.41) is 12.0. The molecule has 2 N–H and O–H groups in total. The van der Waals surface area contributed by atoms with Crippen molar-refractivity contribution in [2.24, 2.45) is 5.92 Å². The summed E-state index contributed by atoms with van der Waals surface area (Å²) in [5.74, 6) is 1.53. The van der Waals surface area contributed by atoms with Crippen LogP contribution in [0.25, 0.3) is 0 Å². The molecule has 1 saturated heterocycles. The molecule has 20 heavy (non-hydrogen) atoms. The summed E-state index contributed by atoms with van der Waals surface area (Å²) in [7, 11) is 0. The van der Waals surface area contributed by atoms with Crippen molar-refractivity contribution in [3.05, 3.63) is 11.9 Å². The highest BCUT2D eigenvalue weighted by Crippen LogP contribution is 2.30. The molecule has 0 spiro atoms. The minimum atomic E-state index is -0.0500. The molecule has 1 fully saturated rings. The number of aliphatic hydroxyl groups is 1. The van der Waals surface area contributed by atoms with Crippen LogP contribution in [0.4, 0.5) is 11.6 Å². The molecule has 3 rings (SSSR count). The van der Waals surface area contributed by atoms with Crippen LogP contribution in [0.5, 0.6) is 0 Å². The van der Waals surface area contributed by atoms with Gasteiger partial charge in [-0.1, -0.05) is 6.92 Å². The first kappa shape index (κ1) is 13.3. The van der Waals surface area contributed by atoms with Crippen LogP contribution in [0.2, 0.25) is 0 Å². The second-order valence-corrected chi connectivity index (χ2v) is 5.37. The number of nitrogens with one attached hydrogen (secondary N) is 1. The van der Waals surface area contributed by atoms with Gasteiger partial charge < -0.3 is 15.3 Å². The second kappa shape index (κ2) is 5.34. The van der Waals surface area contributed by atoms with Crippen LogP contribution in [-0.2, 0) is 11.2 Å². The summed E-state index contributed by atoms with van der Waals surface area (Å²) in [6.07, 6.45) is 2.18. The Kier molecular flexibility index (Phi) is 3.54. The van der Waals surface area contributed by atoms with Gasteiger partial charge in [-0.15, -0.1) is 0 Å². The number of amides is 1. The van der Waals surface area contributed by atoms with E-state index in [1.807, 2.05) is 11.8 Å². The molecule has 1 aromatic rings. The molecular weight excluding hydrogens is 258 g/mol. The van der Waals surface area contributed by atoms with Crippen molar-refractivity contribution in [3.8, 4) is 0 Å². The van der Waals surface area contributed by atoms with Crippen LogP contribution in [0, 0.1) is 5.92 Å². The Morgan fingerprint density at radius 1 is 1.35 bits per heavy atom. The van der Waals surface area contributed by atoms with Gasteiger partial charge in [-0.2, -0.15) is 0 Å². The van der Waals surface area contributed by atoms with Crippen molar-refractivity contribution < 1.29 is 9.90 Å². The lowest BCUT2D eigenvalue weighted by Crippen LogP contribution is -2.47. The highest BCUT2D eigenvalue weighted by Gasteiger charge is 2.28. The number of rotatable bonds is 2. The van der Waals surface area contributed by atoms with E-state index in [1.165, 1.54) is 6.33 Å². The van der Waals surface area contributed by atoms with Crippen LogP contribution >= 0.6 is 0 Å². The molecule has 7 heteroatoms. The van der Waals surface area contributed by atoms with E-state index in [9.17, 15) is 4.79 Å². The summed E-state index contributed by atoms with van der Waals surface area (Å²) in [5.41, 5.74) is 1.03. The molecule has 7 nitrogen and oxygen atoms in total. The summed E-state index contributed by atoms with van der Waals surface area (Å²) in [4.78, 5) is 24.5. The number of piperazine rings is 1. The Morgan fingerprint density at radius 2 is 2.10 bits per heavy atom. The Morgan fingerprint density at radius 3 is 2.80 bits per heavy atom. The molecule has 0 aromatic carbocycles. The predicted molar refractivity (Wildman–Crippen MR) is 74.4 cm³/mol. The quantitative estimate of drug-likeness (QED) is 0.771. The summed E-state index contributed by atoms with van der Waals surface area (Å²) < 4.78 is 0. The Balaban J connectivity index is 1.85. The lowest BCUT2D eigenvalue weighted by Gasteiger charge is -2.36. The van der Waals surface area contributed by atoms with E-state index in [0.29, 0.717) is 12.2 Å². The first-order chi connectivity index (χ1) is 9.69. The van der Waals surface area contributed by atoms with Gasteiger partial charge in [0.15, 0.2) is 0 Å². The third kappa shape index (κ3) is 2.34. The standard InChI is InChI=1S/C13H19N5O2/c1-9-6-10-11(16-13(9)20)14-7-15-12(10)18-4-2-17(8-19)3-5-18/h7,9,19H,2-6,8H2,1H3,(H,14,15,16,20)/t9-/m1/s1. The molecular formula is C13H19N5O2. The molecule has 2 aliphatic rings. The van der Waals surface area contributed by atoms with Gasteiger partial charge >= 0.3 is 0 Å². The van der Waals surface area contributed by atoms with E-state index in [2.05, 4.69) is 20.2 Å². The SMILES string of the molecule is C[C@@H]1Cc2c(ncnc2N2CCN(CO)CC2)NC1=O. The first-order valence-electron chi connectivity index (χ1n) is 6.92. The third-order valence-electron chi connectivity index (χ3n) is 3.99. The van der Waals surface area contributed by atoms with Crippen molar-refractivity contribution in [1.29, 1.82) is 0 Å². The zero-order chi connectivity index (χ0) is 14.1. The topological polar surface area (TPSA) is 81.6 Å². The first-order valence-corrected chi connectivity index (χ1v) is 6.92. The number of aromatic nitrogens is 2. The van der Waals surface area contributed by atoms with Gasteiger partial charge in [0.25, 0.3) is 0 Å². The fourth-order valence-corrected chi connectivity index (χ4v) is 2.71. The zero-order valence-electron chi connectivity index (χ0n) is 11.5. The average molecular weight is 277 g/mol. The zero-order valence-corrected chi connectivity index (χ0v) is 11.5. The number of hydrogen-bond acceptors (Lipinski definition) is 6. The summed E-state index contributed by atoms with van der Waals surface area (Å²) in [6, 6.07) is 0. The van der Waals surface area contributed by atoms with Crippen molar-refractivity contribution in [1.82, 2.24) is 14.9 Å². The maximum Gasteiger partial charge on any atom is 0.228 e. The van der Waals surface area contributed by atoms with Gasteiger partial charge in [0.2, 0.25) is 5.91 Å². The van der Waals surface area contributed by atoms with Crippen molar-refractivity contribution >= 4 is 17.5 Å². The van der Waals surface area contributed by atoms with Gasteiger partial charge in [-0.3, -0.25) is 9.69 Å². The van der Waals surface area contributed by atoms with Crippen LogP contribution < -0.4 is 10.2 Å². The minimum Gasteiger partial charge on any atom is -0.381 e. The normalized spacial score (nSPS) is 23.4. The molecule has 0 radical (unpaired) electrons. The number of nitrogens with zero attached hydrogens (tertiary/aromatic N) is 4. The number of carbonyl (C=O) groups excluding carboxylic acids is 1. The number of aliphatic hydroxyl groups excluding tert-OH is 1. The largest absolute Gasteiger partial charge is 0.381 e. The van der Waals surface area contributed by atoms with Crippen LogP contribution in [0.1, 0.15) is 12.5 Å². The number of fused-ring (bicyclic) bond motifs is 1. The lowest BCUT2D eigenvalue weighted by atomic mass is 9.97. The van der Waals surface area contributed by atoms with E-state index in [-0.39, 0.29) is 18.6 Å². The van der Waals surface area contributed by atoms with Crippen LogP contribution in [0.3, 0.4) is 0 Å². The van der Waals surface area contributed by atoms with Gasteiger partial charge in [-0.05, 0) is 6.42 Å². The molecule has 3 heterocycles. The molecule has 0 aliphatic carbocycles. The van der Waals surface area contributed by atoms with E-state index >= 15 is 0 Å². The highest BCUT2D eigenvalue weighted by atomic mass is 16.3. The molecule has 0 bridgehead atoms. The van der Waals surface area contributed by atoms with Crippen LogP contribution in [-0.4, -0.2) is 58.8 Å². The van der Waals surface area contributed by atoms with Gasteiger partial charge in [0.1, 0.15) is 18.0 Å². The Hall–Kier alpha value is -1.73. The number of hydrogen-bond donors (Lipinski definition) is 2. The predicted octanol–water partition coefficient (Wildman–Crippen LogP) is -0.321. The van der Waals surface area contributed by atoms with E-state index in [4.69, 9.17) is 5.11 Å². The van der Waals surface area contributed by atoms with Gasteiger partial charge in [-0.25, -0.2) is 9.97 Å². The molecule has 2 aliphatic heterocycles. The molecule has 1 atom stereocenters. The summed E-state index contributed by atoms with van der Waals surface area (Å²) >= 11 is 0. The fourth-order valence-electron chi connectivity index (χ4n) is 2.71. The molecule has 1 amide bonds. The van der Waals surface area contributed by atoms with Crippen molar-refractivity contribution in [3.63, 3.8) is 0 Å². The van der Waals surface area contributed by atoms with Crippen molar-refractivity contribution in [2.75, 3.05) is 43.1 Å². The minimum absolute atomic E-state index is 0.0206. The Labute approximate surface area is 117 Å². The average Bonchev–Trinajstić information content (AvgIpc) is 2.48. The molecule has 1 aromatic heterocycles. The maximum atomic E-state index is 11.7. The monoisotopic (exact) mass is 277 g/mol. The smallest absolute Gasteiger partial charge is 0.228 e. The van der Waals surface area contributed by atoms with E-state index in [1.54, 1.807) is 0 Å². The number of anilines is 2. The third-order valence-corrected chi connectivity index (χ3v) is 3.99. The summed E-state index contributed by atoms with van der Waals surface area (Å²) in [6.45, 7) is 5.30.